The number of thiol groups is 1. The number of primary amides is 1. The average Bonchev–Trinajstić information content (AvgIpc) is 1.96. The zero-order valence-electron chi connectivity index (χ0n) is 7.79. The van der Waals surface area contributed by atoms with Crippen LogP contribution in [0.25, 0.3) is 0 Å². The maximum Gasteiger partial charge on any atom is 0.217 e. The van der Waals surface area contributed by atoms with Crippen LogP contribution in [0, 0.1) is 0 Å². The third-order valence-electron chi connectivity index (χ3n) is 1.92. The molecule has 0 aliphatic heterocycles. The Morgan fingerprint density at radius 1 is 1.50 bits per heavy atom. The maximum absolute atomic E-state index is 10.5. The highest BCUT2D eigenvalue weighted by Crippen LogP contribution is 2.08. The second-order valence-electron chi connectivity index (χ2n) is 3.13. The molecule has 72 valence electrons. The van der Waals surface area contributed by atoms with Gasteiger partial charge in [-0.25, -0.2) is 0 Å². The van der Waals surface area contributed by atoms with Crippen LogP contribution in [0.5, 0.6) is 0 Å². The van der Waals surface area contributed by atoms with Crippen LogP contribution in [0.2, 0.25) is 0 Å². The number of nitrogens with zero attached hydrogens (tertiary/aromatic N) is 1. The molecule has 0 saturated carbocycles. The topological polar surface area (TPSA) is 46.3 Å². The summed E-state index contributed by atoms with van der Waals surface area (Å²) in [6.45, 7) is 0. The molecule has 4 heteroatoms. The zero-order valence-corrected chi connectivity index (χ0v) is 8.68. The van der Waals surface area contributed by atoms with E-state index in [1.54, 1.807) is 0 Å². The lowest BCUT2D eigenvalue weighted by atomic mass is 10.1. The molecule has 0 bridgehead atoms. The highest BCUT2D eigenvalue weighted by Gasteiger charge is 2.10. The van der Waals surface area contributed by atoms with E-state index < -0.39 is 0 Å². The molecule has 0 rings (SSSR count). The van der Waals surface area contributed by atoms with Crippen molar-refractivity contribution in [2.75, 3.05) is 19.8 Å². The van der Waals surface area contributed by atoms with Gasteiger partial charge in [-0.1, -0.05) is 0 Å². The molecule has 0 aromatic carbocycles. The first-order chi connectivity index (χ1) is 5.57. The van der Waals surface area contributed by atoms with Crippen molar-refractivity contribution in [1.82, 2.24) is 4.90 Å². The first-order valence-corrected chi connectivity index (χ1v) is 4.76. The van der Waals surface area contributed by atoms with Crippen molar-refractivity contribution >= 4 is 18.5 Å². The smallest absolute Gasteiger partial charge is 0.217 e. The van der Waals surface area contributed by atoms with Crippen LogP contribution in [0.3, 0.4) is 0 Å². The Balaban J connectivity index is 3.70. The lowest BCUT2D eigenvalue weighted by molar-refractivity contribution is -0.118. The molecule has 1 atom stereocenters. The van der Waals surface area contributed by atoms with Gasteiger partial charge in [0.15, 0.2) is 0 Å². The molecule has 0 radical (unpaired) electrons. The van der Waals surface area contributed by atoms with E-state index in [0.717, 1.165) is 18.6 Å². The molecule has 0 aromatic heterocycles. The largest absolute Gasteiger partial charge is 0.370 e. The van der Waals surface area contributed by atoms with Crippen LogP contribution in [-0.2, 0) is 4.79 Å². The number of nitrogens with two attached hydrogens (primary N) is 1. The number of carbonyl (C=O) groups is 1. The minimum Gasteiger partial charge on any atom is -0.370 e. The van der Waals surface area contributed by atoms with E-state index in [4.69, 9.17) is 5.73 Å². The van der Waals surface area contributed by atoms with E-state index in [0.29, 0.717) is 12.5 Å². The zero-order chi connectivity index (χ0) is 9.56. The van der Waals surface area contributed by atoms with Crippen molar-refractivity contribution in [2.24, 2.45) is 5.73 Å². The van der Waals surface area contributed by atoms with Crippen LogP contribution < -0.4 is 5.73 Å². The van der Waals surface area contributed by atoms with Crippen LogP contribution in [0.15, 0.2) is 0 Å². The first-order valence-electron chi connectivity index (χ1n) is 4.13. The number of amides is 1. The van der Waals surface area contributed by atoms with E-state index in [1.165, 1.54) is 0 Å². The van der Waals surface area contributed by atoms with E-state index in [2.05, 4.69) is 17.5 Å². The summed E-state index contributed by atoms with van der Waals surface area (Å²) < 4.78 is 0. The van der Waals surface area contributed by atoms with Crippen LogP contribution >= 0.6 is 12.6 Å². The summed E-state index contributed by atoms with van der Waals surface area (Å²) in [4.78, 5) is 12.6. The highest BCUT2D eigenvalue weighted by atomic mass is 32.1. The van der Waals surface area contributed by atoms with Crippen molar-refractivity contribution in [3.63, 3.8) is 0 Å². The Morgan fingerprint density at radius 2 is 2.08 bits per heavy atom. The summed E-state index contributed by atoms with van der Waals surface area (Å²) in [5.41, 5.74) is 5.06. The summed E-state index contributed by atoms with van der Waals surface area (Å²) in [7, 11) is 4.02. The fourth-order valence-corrected chi connectivity index (χ4v) is 1.42. The third-order valence-corrected chi connectivity index (χ3v) is 2.17. The summed E-state index contributed by atoms with van der Waals surface area (Å²) in [5.74, 6) is 0.628. The molecular formula is C8H18N2OS. The van der Waals surface area contributed by atoms with Crippen LogP contribution in [0.1, 0.15) is 19.3 Å². The number of carbonyl (C=O) groups excluding carboxylic acids is 1. The highest BCUT2D eigenvalue weighted by molar-refractivity contribution is 7.80. The quantitative estimate of drug-likeness (QED) is 0.599. The Hall–Kier alpha value is -0.220. The Kier molecular flexibility index (Phi) is 6.20. The molecule has 0 heterocycles. The van der Waals surface area contributed by atoms with Crippen LogP contribution in [-0.4, -0.2) is 36.7 Å². The molecule has 0 aliphatic carbocycles. The Morgan fingerprint density at radius 3 is 2.42 bits per heavy atom. The molecular weight excluding hydrogens is 172 g/mol. The number of rotatable bonds is 6. The molecule has 0 aromatic rings. The van der Waals surface area contributed by atoms with Crippen molar-refractivity contribution in [3.05, 3.63) is 0 Å². The SMILES string of the molecule is CN(C)C(CCS)CCC(N)=O. The minimum atomic E-state index is -0.221. The minimum absolute atomic E-state index is 0.221. The van der Waals surface area contributed by atoms with Gasteiger partial charge >= 0.3 is 0 Å². The maximum atomic E-state index is 10.5. The van der Waals surface area contributed by atoms with Crippen molar-refractivity contribution in [2.45, 2.75) is 25.3 Å². The summed E-state index contributed by atoms with van der Waals surface area (Å²) in [6, 6.07) is 0.426. The van der Waals surface area contributed by atoms with Gasteiger partial charge in [0.2, 0.25) is 5.91 Å². The molecule has 3 nitrogen and oxygen atoms in total. The van der Waals surface area contributed by atoms with Gasteiger partial charge in [-0.05, 0) is 32.7 Å². The van der Waals surface area contributed by atoms with Gasteiger partial charge in [0, 0.05) is 12.5 Å². The molecule has 1 unspecified atom stereocenters. The van der Waals surface area contributed by atoms with E-state index >= 15 is 0 Å². The van der Waals surface area contributed by atoms with Crippen molar-refractivity contribution in [1.29, 1.82) is 0 Å². The third kappa shape index (κ3) is 5.43. The number of hydrogen-bond acceptors (Lipinski definition) is 3. The van der Waals surface area contributed by atoms with Gasteiger partial charge in [0.1, 0.15) is 0 Å². The van der Waals surface area contributed by atoms with Crippen LogP contribution in [0.4, 0.5) is 0 Å². The van der Waals surface area contributed by atoms with Gasteiger partial charge in [0.25, 0.3) is 0 Å². The van der Waals surface area contributed by atoms with Gasteiger partial charge < -0.3 is 10.6 Å². The average molecular weight is 190 g/mol. The van der Waals surface area contributed by atoms with Crippen molar-refractivity contribution < 1.29 is 4.79 Å². The molecule has 2 N–H and O–H groups in total. The van der Waals surface area contributed by atoms with Gasteiger partial charge in [-0.2, -0.15) is 12.6 Å². The fraction of sp³-hybridized carbons (Fsp3) is 0.875. The Bertz CT molecular complexity index is 139. The monoisotopic (exact) mass is 190 g/mol. The Labute approximate surface area is 79.7 Å². The predicted octanol–water partition coefficient (Wildman–Crippen LogP) is 0.502. The predicted molar refractivity (Wildman–Crippen MR) is 54.4 cm³/mol. The molecule has 1 amide bonds. The van der Waals surface area contributed by atoms with Gasteiger partial charge in [-0.15, -0.1) is 0 Å². The second kappa shape index (κ2) is 6.31. The van der Waals surface area contributed by atoms with Gasteiger partial charge in [0.05, 0.1) is 0 Å². The second-order valence-corrected chi connectivity index (χ2v) is 3.58. The van der Waals surface area contributed by atoms with Crippen molar-refractivity contribution in [3.8, 4) is 0 Å². The molecule has 0 fully saturated rings. The lowest BCUT2D eigenvalue weighted by Crippen LogP contribution is -2.29. The van der Waals surface area contributed by atoms with E-state index in [9.17, 15) is 4.79 Å². The molecule has 12 heavy (non-hydrogen) atoms. The standard InChI is InChI=1S/C8H18N2OS/c1-10(2)7(5-6-12)3-4-8(9)11/h7,12H,3-6H2,1-2H3,(H2,9,11). The fourth-order valence-electron chi connectivity index (χ4n) is 1.12. The van der Waals surface area contributed by atoms with Gasteiger partial charge in [-0.3, -0.25) is 4.79 Å². The van der Waals surface area contributed by atoms with E-state index in [1.807, 2.05) is 14.1 Å². The summed E-state index contributed by atoms with van der Waals surface area (Å²) >= 11 is 4.16. The molecule has 0 aliphatic rings. The van der Waals surface area contributed by atoms with E-state index in [-0.39, 0.29) is 5.91 Å². The molecule has 0 saturated heterocycles. The summed E-state index contributed by atoms with van der Waals surface area (Å²) in [5, 5.41) is 0. The molecule has 0 spiro atoms. The summed E-state index contributed by atoms with van der Waals surface area (Å²) in [6.07, 6.45) is 2.31. The lowest BCUT2D eigenvalue weighted by Gasteiger charge is -2.22. The first kappa shape index (κ1) is 11.8. The number of hydrogen-bond donors (Lipinski definition) is 2. The normalized spacial score (nSPS) is 13.3.